The molecule has 0 heterocycles. The Labute approximate surface area is 144 Å². The average molecular weight is 397 g/mol. The van der Waals surface area contributed by atoms with E-state index < -0.39 is 10.0 Å². The van der Waals surface area contributed by atoms with Gasteiger partial charge in [0, 0.05) is 23.1 Å². The van der Waals surface area contributed by atoms with Gasteiger partial charge < -0.3 is 5.32 Å². The van der Waals surface area contributed by atoms with E-state index in [2.05, 4.69) is 26.0 Å². The van der Waals surface area contributed by atoms with Gasteiger partial charge in [0.2, 0.25) is 15.9 Å². The highest BCUT2D eigenvalue weighted by molar-refractivity contribution is 9.10. The van der Waals surface area contributed by atoms with Crippen LogP contribution in [0.4, 0.5) is 5.69 Å². The molecular formula is C16H17BrN2O3S. The van der Waals surface area contributed by atoms with Gasteiger partial charge in [-0.1, -0.05) is 33.6 Å². The summed E-state index contributed by atoms with van der Waals surface area (Å²) < 4.78 is 27.5. The molecule has 0 saturated heterocycles. The average Bonchev–Trinajstić information content (AvgIpc) is 2.50. The number of carbonyl (C=O) groups is 1. The van der Waals surface area contributed by atoms with E-state index in [4.69, 9.17) is 0 Å². The van der Waals surface area contributed by atoms with Gasteiger partial charge >= 0.3 is 0 Å². The number of rotatable bonds is 6. The van der Waals surface area contributed by atoms with E-state index in [0.29, 0.717) is 5.69 Å². The van der Waals surface area contributed by atoms with Crippen molar-refractivity contribution in [2.24, 2.45) is 0 Å². The SMILES string of the molecule is Cc1ccc(S(=O)(=O)NCCC(=O)Nc2ccc(Br)cc2)cc1. The van der Waals surface area contributed by atoms with Crippen molar-refractivity contribution in [1.29, 1.82) is 0 Å². The van der Waals surface area contributed by atoms with Gasteiger partial charge in [-0.25, -0.2) is 13.1 Å². The van der Waals surface area contributed by atoms with Gasteiger partial charge in [0.25, 0.3) is 0 Å². The lowest BCUT2D eigenvalue weighted by molar-refractivity contribution is -0.116. The Bertz CT molecular complexity index is 772. The van der Waals surface area contributed by atoms with Gasteiger partial charge in [-0.05, 0) is 43.3 Å². The number of sulfonamides is 1. The number of nitrogens with one attached hydrogen (secondary N) is 2. The molecule has 0 radical (unpaired) electrons. The molecular weight excluding hydrogens is 380 g/mol. The summed E-state index contributed by atoms with van der Waals surface area (Å²) in [4.78, 5) is 12.0. The molecule has 0 spiro atoms. The molecule has 0 aliphatic heterocycles. The summed E-state index contributed by atoms with van der Waals surface area (Å²) in [5, 5.41) is 2.71. The summed E-state index contributed by atoms with van der Waals surface area (Å²) in [7, 11) is -3.59. The number of halogens is 1. The zero-order valence-electron chi connectivity index (χ0n) is 12.5. The van der Waals surface area contributed by atoms with Crippen molar-refractivity contribution in [2.75, 3.05) is 11.9 Å². The lowest BCUT2D eigenvalue weighted by Gasteiger charge is -2.08. The third-order valence-electron chi connectivity index (χ3n) is 3.10. The minimum absolute atomic E-state index is 0.0402. The number of amides is 1. The Kier molecular flexibility index (Phi) is 5.92. The van der Waals surface area contributed by atoms with Crippen LogP contribution in [-0.4, -0.2) is 20.9 Å². The van der Waals surface area contributed by atoms with Crippen molar-refractivity contribution in [3.05, 3.63) is 58.6 Å². The molecule has 0 saturated carbocycles. The molecule has 0 aromatic heterocycles. The van der Waals surface area contributed by atoms with E-state index in [1.165, 1.54) is 0 Å². The maximum Gasteiger partial charge on any atom is 0.240 e. The minimum Gasteiger partial charge on any atom is -0.326 e. The van der Waals surface area contributed by atoms with Crippen LogP contribution >= 0.6 is 15.9 Å². The summed E-state index contributed by atoms with van der Waals surface area (Å²) in [6, 6.07) is 13.7. The maximum atomic E-state index is 12.1. The zero-order valence-corrected chi connectivity index (χ0v) is 14.9. The van der Waals surface area contributed by atoms with Crippen LogP contribution in [-0.2, 0) is 14.8 Å². The topological polar surface area (TPSA) is 75.3 Å². The van der Waals surface area contributed by atoms with Crippen molar-refractivity contribution >= 4 is 37.5 Å². The summed E-state index contributed by atoms with van der Waals surface area (Å²) in [5.74, 6) is -0.251. The Morgan fingerprint density at radius 2 is 1.65 bits per heavy atom. The number of hydrogen-bond donors (Lipinski definition) is 2. The fourth-order valence-electron chi connectivity index (χ4n) is 1.86. The molecule has 2 aromatic carbocycles. The molecule has 0 unspecified atom stereocenters. The number of aryl methyl sites for hydroxylation is 1. The maximum absolute atomic E-state index is 12.1. The smallest absolute Gasteiger partial charge is 0.240 e. The highest BCUT2D eigenvalue weighted by Crippen LogP contribution is 2.14. The largest absolute Gasteiger partial charge is 0.326 e. The number of hydrogen-bond acceptors (Lipinski definition) is 3. The van der Waals surface area contributed by atoms with Gasteiger partial charge in [-0.3, -0.25) is 4.79 Å². The van der Waals surface area contributed by atoms with Crippen LogP contribution in [0.3, 0.4) is 0 Å². The third kappa shape index (κ3) is 5.46. The fraction of sp³-hybridized carbons (Fsp3) is 0.188. The second-order valence-electron chi connectivity index (χ2n) is 5.02. The number of carbonyl (C=O) groups excluding carboxylic acids is 1. The van der Waals surface area contributed by atoms with Crippen LogP contribution < -0.4 is 10.0 Å². The second kappa shape index (κ2) is 7.72. The molecule has 2 aromatic rings. The predicted octanol–water partition coefficient (Wildman–Crippen LogP) is 3.06. The van der Waals surface area contributed by atoms with Gasteiger partial charge in [0.15, 0.2) is 0 Å². The molecule has 2 rings (SSSR count). The van der Waals surface area contributed by atoms with E-state index >= 15 is 0 Å². The Hall–Kier alpha value is -1.70. The van der Waals surface area contributed by atoms with Gasteiger partial charge in [0.1, 0.15) is 0 Å². The quantitative estimate of drug-likeness (QED) is 0.787. The van der Waals surface area contributed by atoms with Crippen LogP contribution in [0.2, 0.25) is 0 Å². The Balaban J connectivity index is 1.85. The van der Waals surface area contributed by atoms with Gasteiger partial charge in [-0.15, -0.1) is 0 Å². The zero-order chi connectivity index (χ0) is 16.9. The molecule has 0 bridgehead atoms. The highest BCUT2D eigenvalue weighted by Gasteiger charge is 2.13. The summed E-state index contributed by atoms with van der Waals surface area (Å²) in [5.41, 5.74) is 1.65. The molecule has 0 atom stereocenters. The Morgan fingerprint density at radius 1 is 1.04 bits per heavy atom. The van der Waals surface area contributed by atoms with Gasteiger partial charge in [-0.2, -0.15) is 0 Å². The van der Waals surface area contributed by atoms with Crippen LogP contribution in [0.1, 0.15) is 12.0 Å². The molecule has 0 aliphatic carbocycles. The van der Waals surface area contributed by atoms with Crippen LogP contribution in [0, 0.1) is 6.92 Å². The van der Waals surface area contributed by atoms with E-state index in [1.807, 2.05) is 19.1 Å². The first-order valence-corrected chi connectivity index (χ1v) is 9.26. The molecule has 23 heavy (non-hydrogen) atoms. The van der Waals surface area contributed by atoms with Crippen molar-refractivity contribution < 1.29 is 13.2 Å². The van der Waals surface area contributed by atoms with Crippen LogP contribution in [0.5, 0.6) is 0 Å². The van der Waals surface area contributed by atoms with E-state index in [0.717, 1.165) is 10.0 Å². The first-order valence-electron chi connectivity index (χ1n) is 6.98. The molecule has 1 amide bonds. The second-order valence-corrected chi connectivity index (χ2v) is 7.70. The summed E-state index contributed by atoms with van der Waals surface area (Å²) in [6.45, 7) is 1.93. The molecule has 122 valence electrons. The fourth-order valence-corrected chi connectivity index (χ4v) is 3.15. The minimum atomic E-state index is -3.59. The van der Waals surface area contributed by atoms with Crippen LogP contribution in [0.25, 0.3) is 0 Å². The summed E-state index contributed by atoms with van der Waals surface area (Å²) >= 11 is 3.31. The number of benzene rings is 2. The van der Waals surface area contributed by atoms with E-state index in [9.17, 15) is 13.2 Å². The first kappa shape index (κ1) is 17.7. The first-order chi connectivity index (χ1) is 10.9. The molecule has 0 fully saturated rings. The third-order valence-corrected chi connectivity index (χ3v) is 5.11. The monoisotopic (exact) mass is 396 g/mol. The normalized spacial score (nSPS) is 11.2. The van der Waals surface area contributed by atoms with Crippen molar-refractivity contribution in [1.82, 2.24) is 4.72 Å². The Morgan fingerprint density at radius 3 is 2.26 bits per heavy atom. The van der Waals surface area contributed by atoms with Crippen molar-refractivity contribution in [3.8, 4) is 0 Å². The lowest BCUT2D eigenvalue weighted by atomic mass is 10.2. The van der Waals surface area contributed by atoms with Gasteiger partial charge in [0.05, 0.1) is 4.90 Å². The summed E-state index contributed by atoms with van der Waals surface area (Å²) in [6.07, 6.45) is 0.0567. The van der Waals surface area contributed by atoms with E-state index in [-0.39, 0.29) is 23.8 Å². The molecule has 0 aliphatic rings. The van der Waals surface area contributed by atoms with E-state index in [1.54, 1.807) is 36.4 Å². The number of anilines is 1. The van der Waals surface area contributed by atoms with Crippen molar-refractivity contribution in [3.63, 3.8) is 0 Å². The lowest BCUT2D eigenvalue weighted by Crippen LogP contribution is -2.27. The molecule has 2 N–H and O–H groups in total. The predicted molar refractivity (Wildman–Crippen MR) is 93.8 cm³/mol. The molecule has 7 heteroatoms. The van der Waals surface area contributed by atoms with Crippen molar-refractivity contribution in [2.45, 2.75) is 18.2 Å². The molecule has 5 nitrogen and oxygen atoms in total. The van der Waals surface area contributed by atoms with Crippen LogP contribution in [0.15, 0.2) is 57.9 Å². The standard InChI is InChI=1S/C16H17BrN2O3S/c1-12-2-8-15(9-3-12)23(21,22)18-11-10-16(20)19-14-6-4-13(17)5-7-14/h2-9,18H,10-11H2,1H3,(H,19,20). The highest BCUT2D eigenvalue weighted by atomic mass is 79.9.